The smallest absolute Gasteiger partial charge is 0.276 e. The third-order valence-corrected chi connectivity index (χ3v) is 2.48. The summed E-state index contributed by atoms with van der Waals surface area (Å²) >= 11 is 0. The Morgan fingerprint density at radius 2 is 1.69 bits per heavy atom. The zero-order chi connectivity index (χ0) is 11.7. The van der Waals surface area contributed by atoms with Gasteiger partial charge >= 0.3 is 5.69 Å². The molecule has 0 aliphatic rings. The molecule has 0 radical (unpaired) electrons. The molecule has 6 nitrogen and oxygen atoms in total. The topological polar surface area (TPSA) is 69.8 Å². The standard InChI is InChI=1S/C10H12N4O2/c1-3-13-8-7(11-5-6-12-8)9(15)14(4-2)10(13)16/h5-6H,3-4H2,1-2H3. The zero-order valence-electron chi connectivity index (χ0n) is 9.17. The van der Waals surface area contributed by atoms with E-state index in [0.29, 0.717) is 18.7 Å². The van der Waals surface area contributed by atoms with Gasteiger partial charge in [0, 0.05) is 25.5 Å². The molecule has 6 heteroatoms. The minimum Gasteiger partial charge on any atom is -0.276 e. The molecule has 0 N–H and O–H groups in total. The molecule has 0 bridgehead atoms. The van der Waals surface area contributed by atoms with Gasteiger partial charge in [0.05, 0.1) is 0 Å². The molecule has 0 saturated heterocycles. The summed E-state index contributed by atoms with van der Waals surface area (Å²) in [7, 11) is 0. The molecule has 0 unspecified atom stereocenters. The first-order chi connectivity index (χ1) is 7.70. The summed E-state index contributed by atoms with van der Waals surface area (Å²) in [5, 5.41) is 0. The molecule has 16 heavy (non-hydrogen) atoms. The Hall–Kier alpha value is -1.98. The average Bonchev–Trinajstić information content (AvgIpc) is 2.30. The van der Waals surface area contributed by atoms with E-state index in [-0.39, 0.29) is 16.8 Å². The number of nitrogens with zero attached hydrogens (tertiary/aromatic N) is 4. The van der Waals surface area contributed by atoms with E-state index in [1.165, 1.54) is 21.5 Å². The molecule has 2 heterocycles. The van der Waals surface area contributed by atoms with E-state index in [0.717, 1.165) is 0 Å². The Bertz CT molecular complexity index is 641. The number of rotatable bonds is 2. The van der Waals surface area contributed by atoms with Crippen molar-refractivity contribution in [3.05, 3.63) is 33.2 Å². The number of fused-ring (bicyclic) bond motifs is 1. The van der Waals surface area contributed by atoms with Crippen LogP contribution in [0, 0.1) is 0 Å². The highest BCUT2D eigenvalue weighted by Gasteiger charge is 2.12. The average molecular weight is 220 g/mol. The SMILES string of the molecule is CCn1c(=O)c2nccnc2n(CC)c1=O. The molecule has 0 aliphatic heterocycles. The van der Waals surface area contributed by atoms with Gasteiger partial charge in [0.15, 0.2) is 11.2 Å². The molecule has 0 amide bonds. The molecule has 0 spiro atoms. The van der Waals surface area contributed by atoms with Crippen LogP contribution in [0.3, 0.4) is 0 Å². The lowest BCUT2D eigenvalue weighted by atomic mass is 10.4. The van der Waals surface area contributed by atoms with Gasteiger partial charge in [-0.3, -0.25) is 13.9 Å². The van der Waals surface area contributed by atoms with Crippen LogP contribution in [-0.4, -0.2) is 19.1 Å². The van der Waals surface area contributed by atoms with Crippen molar-refractivity contribution in [1.29, 1.82) is 0 Å². The second kappa shape index (κ2) is 3.88. The van der Waals surface area contributed by atoms with Crippen molar-refractivity contribution >= 4 is 11.2 Å². The summed E-state index contributed by atoms with van der Waals surface area (Å²) in [6.45, 7) is 4.39. The van der Waals surface area contributed by atoms with Crippen LogP contribution in [0.15, 0.2) is 22.0 Å². The maximum atomic E-state index is 11.9. The zero-order valence-corrected chi connectivity index (χ0v) is 9.17. The predicted octanol–water partition coefficient (Wildman–Crippen LogP) is -0.00700. The Morgan fingerprint density at radius 3 is 2.31 bits per heavy atom. The van der Waals surface area contributed by atoms with Crippen molar-refractivity contribution < 1.29 is 0 Å². The largest absolute Gasteiger partial charge is 0.332 e. The predicted molar refractivity (Wildman–Crippen MR) is 59.4 cm³/mol. The Labute approximate surface area is 91.2 Å². The first kappa shape index (κ1) is 10.5. The summed E-state index contributed by atoms with van der Waals surface area (Å²) in [6, 6.07) is 0. The molecule has 0 aromatic carbocycles. The van der Waals surface area contributed by atoms with E-state index in [1.807, 2.05) is 6.92 Å². The van der Waals surface area contributed by atoms with E-state index < -0.39 is 0 Å². The minimum atomic E-state index is -0.375. The summed E-state index contributed by atoms with van der Waals surface area (Å²) in [5.41, 5.74) is -0.112. The summed E-state index contributed by atoms with van der Waals surface area (Å²) in [5.74, 6) is 0. The van der Waals surface area contributed by atoms with Crippen LogP contribution in [0.5, 0.6) is 0 Å². The number of aryl methyl sites for hydroxylation is 1. The second-order valence-corrected chi connectivity index (χ2v) is 3.30. The lowest BCUT2D eigenvalue weighted by Gasteiger charge is -2.08. The normalized spacial score (nSPS) is 10.9. The van der Waals surface area contributed by atoms with Gasteiger partial charge in [-0.25, -0.2) is 14.8 Å². The van der Waals surface area contributed by atoms with E-state index in [4.69, 9.17) is 0 Å². The maximum absolute atomic E-state index is 11.9. The molecule has 0 atom stereocenters. The molecular weight excluding hydrogens is 208 g/mol. The van der Waals surface area contributed by atoms with Crippen LogP contribution < -0.4 is 11.2 Å². The fourth-order valence-electron chi connectivity index (χ4n) is 1.69. The Kier molecular flexibility index (Phi) is 2.55. The molecule has 2 rings (SSSR count). The van der Waals surface area contributed by atoms with Gasteiger partial charge in [-0.05, 0) is 13.8 Å². The van der Waals surface area contributed by atoms with Crippen LogP contribution in [0.2, 0.25) is 0 Å². The van der Waals surface area contributed by atoms with Crippen molar-refractivity contribution in [2.45, 2.75) is 26.9 Å². The highest BCUT2D eigenvalue weighted by Crippen LogP contribution is 1.99. The van der Waals surface area contributed by atoms with E-state index in [2.05, 4.69) is 9.97 Å². The van der Waals surface area contributed by atoms with Gasteiger partial charge in [-0.15, -0.1) is 0 Å². The van der Waals surface area contributed by atoms with Crippen molar-refractivity contribution in [1.82, 2.24) is 19.1 Å². The van der Waals surface area contributed by atoms with Gasteiger partial charge < -0.3 is 0 Å². The van der Waals surface area contributed by atoms with Crippen LogP contribution in [0.25, 0.3) is 11.2 Å². The van der Waals surface area contributed by atoms with Crippen molar-refractivity contribution in [3.63, 3.8) is 0 Å². The fourth-order valence-corrected chi connectivity index (χ4v) is 1.69. The second-order valence-electron chi connectivity index (χ2n) is 3.30. The van der Waals surface area contributed by atoms with Crippen LogP contribution >= 0.6 is 0 Å². The van der Waals surface area contributed by atoms with Crippen LogP contribution in [0.4, 0.5) is 0 Å². The van der Waals surface area contributed by atoms with Gasteiger partial charge in [0.1, 0.15) is 0 Å². The van der Waals surface area contributed by atoms with Crippen LogP contribution in [-0.2, 0) is 13.1 Å². The van der Waals surface area contributed by atoms with Gasteiger partial charge in [-0.2, -0.15) is 0 Å². The molecule has 0 saturated carbocycles. The van der Waals surface area contributed by atoms with Gasteiger partial charge in [0.2, 0.25) is 0 Å². The lowest BCUT2D eigenvalue weighted by Crippen LogP contribution is -2.40. The van der Waals surface area contributed by atoms with E-state index in [1.54, 1.807) is 6.92 Å². The van der Waals surface area contributed by atoms with Gasteiger partial charge in [-0.1, -0.05) is 0 Å². The highest BCUT2D eigenvalue weighted by molar-refractivity contribution is 5.67. The first-order valence-electron chi connectivity index (χ1n) is 5.15. The molecule has 2 aromatic heterocycles. The fraction of sp³-hybridized carbons (Fsp3) is 0.400. The molecular formula is C10H12N4O2. The monoisotopic (exact) mass is 220 g/mol. The third-order valence-electron chi connectivity index (χ3n) is 2.48. The van der Waals surface area contributed by atoms with Crippen molar-refractivity contribution in [2.24, 2.45) is 0 Å². The number of hydrogen-bond donors (Lipinski definition) is 0. The highest BCUT2D eigenvalue weighted by atomic mass is 16.2. The molecule has 0 aliphatic carbocycles. The van der Waals surface area contributed by atoms with Crippen molar-refractivity contribution in [2.75, 3.05) is 0 Å². The lowest BCUT2D eigenvalue weighted by molar-refractivity contribution is 0.603. The van der Waals surface area contributed by atoms with Crippen molar-refractivity contribution in [3.8, 4) is 0 Å². The summed E-state index contributed by atoms with van der Waals surface area (Å²) in [4.78, 5) is 31.8. The summed E-state index contributed by atoms with van der Waals surface area (Å²) in [6.07, 6.45) is 2.93. The van der Waals surface area contributed by atoms with E-state index >= 15 is 0 Å². The minimum absolute atomic E-state index is 0.241. The maximum Gasteiger partial charge on any atom is 0.332 e. The van der Waals surface area contributed by atoms with E-state index in [9.17, 15) is 9.59 Å². The first-order valence-corrected chi connectivity index (χ1v) is 5.15. The third kappa shape index (κ3) is 1.34. The number of aromatic nitrogens is 4. The summed E-state index contributed by atoms with van der Waals surface area (Å²) < 4.78 is 2.62. The quantitative estimate of drug-likeness (QED) is 0.714. The Balaban J connectivity index is 3.07. The molecule has 0 fully saturated rings. The number of hydrogen-bond acceptors (Lipinski definition) is 4. The van der Waals surface area contributed by atoms with Crippen LogP contribution in [0.1, 0.15) is 13.8 Å². The Morgan fingerprint density at radius 1 is 1.06 bits per heavy atom. The van der Waals surface area contributed by atoms with Gasteiger partial charge in [0.25, 0.3) is 5.56 Å². The molecule has 2 aromatic rings. The molecule has 84 valence electrons.